The molecule has 1 saturated heterocycles. The number of nitrogens with zero attached hydrogens (tertiary/aromatic N) is 2. The standard InChI is InChI=1S/C20H23F3N2O6S/c1-28-16-12-14(13-17(29-2)19(16)30-3)24-8-10-25(11-9-24)32(26,27)18-7-5-4-6-15(18)31-20(21,22)23/h4-7,12-13H,8-11H2,1-3H3. The normalized spacial score (nSPS) is 15.4. The maximum absolute atomic E-state index is 13.0. The number of benzene rings is 2. The Hall–Kier alpha value is -2.86. The maximum Gasteiger partial charge on any atom is 0.573 e. The van der Waals surface area contributed by atoms with Crippen LogP contribution in [0.4, 0.5) is 18.9 Å². The fourth-order valence-electron chi connectivity index (χ4n) is 3.45. The summed E-state index contributed by atoms with van der Waals surface area (Å²) in [6.45, 7) is 0.749. The van der Waals surface area contributed by atoms with Crippen LogP contribution in [0.1, 0.15) is 0 Å². The molecule has 0 aromatic heterocycles. The van der Waals surface area contributed by atoms with Gasteiger partial charge in [-0.25, -0.2) is 8.42 Å². The van der Waals surface area contributed by atoms with E-state index < -0.39 is 27.0 Å². The molecule has 3 rings (SSSR count). The van der Waals surface area contributed by atoms with Crippen molar-refractivity contribution in [2.75, 3.05) is 52.4 Å². The third kappa shape index (κ3) is 4.96. The van der Waals surface area contributed by atoms with Crippen LogP contribution < -0.4 is 23.8 Å². The van der Waals surface area contributed by atoms with Gasteiger partial charge in [-0.2, -0.15) is 4.31 Å². The van der Waals surface area contributed by atoms with Crippen LogP contribution in [0.3, 0.4) is 0 Å². The molecule has 8 nitrogen and oxygen atoms in total. The van der Waals surface area contributed by atoms with Gasteiger partial charge < -0.3 is 23.8 Å². The molecular formula is C20H23F3N2O6S. The minimum atomic E-state index is -5.00. The first kappa shape index (κ1) is 23.8. The van der Waals surface area contributed by atoms with Gasteiger partial charge in [-0.3, -0.25) is 0 Å². The predicted octanol–water partition coefficient (Wildman–Crippen LogP) is 3.12. The fourth-order valence-corrected chi connectivity index (χ4v) is 4.98. The molecule has 2 aromatic carbocycles. The van der Waals surface area contributed by atoms with Gasteiger partial charge in [0.1, 0.15) is 10.6 Å². The molecule has 1 fully saturated rings. The second-order valence-corrected chi connectivity index (χ2v) is 8.68. The summed E-state index contributed by atoms with van der Waals surface area (Å²) in [5.41, 5.74) is 0.734. The lowest BCUT2D eigenvalue weighted by Crippen LogP contribution is -2.48. The van der Waals surface area contributed by atoms with Crippen LogP contribution in [0.25, 0.3) is 0 Å². The molecule has 0 N–H and O–H groups in total. The Morgan fingerprint density at radius 3 is 1.91 bits per heavy atom. The molecule has 2 aromatic rings. The molecule has 0 spiro atoms. The van der Waals surface area contributed by atoms with Gasteiger partial charge in [0.2, 0.25) is 15.8 Å². The van der Waals surface area contributed by atoms with Crippen LogP contribution in [0.2, 0.25) is 0 Å². The maximum atomic E-state index is 13.0. The highest BCUT2D eigenvalue weighted by Gasteiger charge is 2.36. The van der Waals surface area contributed by atoms with Crippen molar-refractivity contribution in [2.24, 2.45) is 0 Å². The highest BCUT2D eigenvalue weighted by Crippen LogP contribution is 2.41. The molecule has 0 radical (unpaired) electrons. The predicted molar refractivity (Wildman–Crippen MR) is 110 cm³/mol. The number of piperazine rings is 1. The lowest BCUT2D eigenvalue weighted by molar-refractivity contribution is -0.275. The number of ether oxygens (including phenoxy) is 4. The third-order valence-electron chi connectivity index (χ3n) is 4.95. The lowest BCUT2D eigenvalue weighted by atomic mass is 10.2. The molecule has 32 heavy (non-hydrogen) atoms. The molecular weight excluding hydrogens is 453 g/mol. The van der Waals surface area contributed by atoms with E-state index in [4.69, 9.17) is 14.2 Å². The first-order valence-electron chi connectivity index (χ1n) is 9.50. The van der Waals surface area contributed by atoms with Gasteiger partial charge in [-0.05, 0) is 12.1 Å². The summed E-state index contributed by atoms with van der Waals surface area (Å²) >= 11 is 0. The molecule has 0 amide bonds. The highest BCUT2D eigenvalue weighted by molar-refractivity contribution is 7.89. The number of rotatable bonds is 7. The third-order valence-corrected chi connectivity index (χ3v) is 6.88. The zero-order valence-electron chi connectivity index (χ0n) is 17.7. The van der Waals surface area contributed by atoms with Crippen molar-refractivity contribution in [3.8, 4) is 23.0 Å². The van der Waals surface area contributed by atoms with Crippen LogP contribution in [-0.2, 0) is 10.0 Å². The van der Waals surface area contributed by atoms with E-state index in [1.807, 2.05) is 4.90 Å². The molecule has 0 bridgehead atoms. The summed E-state index contributed by atoms with van der Waals surface area (Å²) in [5, 5.41) is 0. The van der Waals surface area contributed by atoms with E-state index in [0.717, 1.165) is 22.1 Å². The minimum Gasteiger partial charge on any atom is -0.493 e. The summed E-state index contributed by atoms with van der Waals surface area (Å²) in [6.07, 6.45) is -5.00. The largest absolute Gasteiger partial charge is 0.573 e. The summed E-state index contributed by atoms with van der Waals surface area (Å²) in [4.78, 5) is 1.40. The Morgan fingerprint density at radius 2 is 1.41 bits per heavy atom. The molecule has 0 unspecified atom stereocenters. The second-order valence-electron chi connectivity index (χ2n) is 6.77. The SMILES string of the molecule is COc1cc(N2CCN(S(=O)(=O)c3ccccc3OC(F)(F)F)CC2)cc(OC)c1OC. The van der Waals surface area contributed by atoms with Gasteiger partial charge in [0.15, 0.2) is 11.5 Å². The summed E-state index contributed by atoms with van der Waals surface area (Å²) < 4.78 is 85.2. The average molecular weight is 476 g/mol. The van der Waals surface area contributed by atoms with E-state index >= 15 is 0 Å². The average Bonchev–Trinajstić information content (AvgIpc) is 2.77. The van der Waals surface area contributed by atoms with Crippen molar-refractivity contribution < 1.29 is 40.5 Å². The molecule has 1 aliphatic heterocycles. The Kier molecular flexibility index (Phi) is 6.94. The zero-order chi connectivity index (χ0) is 23.5. The summed E-state index contributed by atoms with van der Waals surface area (Å²) in [6, 6.07) is 8.20. The Morgan fingerprint density at radius 1 is 0.844 bits per heavy atom. The van der Waals surface area contributed by atoms with E-state index in [2.05, 4.69) is 4.74 Å². The first-order chi connectivity index (χ1) is 15.1. The van der Waals surface area contributed by atoms with E-state index in [-0.39, 0.29) is 13.1 Å². The number of hydrogen-bond acceptors (Lipinski definition) is 7. The van der Waals surface area contributed by atoms with Gasteiger partial charge in [-0.15, -0.1) is 13.2 Å². The van der Waals surface area contributed by atoms with Crippen molar-refractivity contribution in [3.63, 3.8) is 0 Å². The van der Waals surface area contributed by atoms with Crippen LogP contribution in [0.15, 0.2) is 41.3 Å². The molecule has 0 aliphatic carbocycles. The zero-order valence-corrected chi connectivity index (χ0v) is 18.5. The number of alkyl halides is 3. The van der Waals surface area contributed by atoms with Crippen LogP contribution >= 0.6 is 0 Å². The second kappa shape index (κ2) is 9.33. The molecule has 0 atom stereocenters. The number of para-hydroxylation sites is 1. The van der Waals surface area contributed by atoms with Crippen LogP contribution in [-0.4, -0.2) is 66.6 Å². The Labute approximate surface area is 184 Å². The van der Waals surface area contributed by atoms with E-state index in [1.54, 1.807) is 12.1 Å². The van der Waals surface area contributed by atoms with Gasteiger partial charge in [0.25, 0.3) is 0 Å². The van der Waals surface area contributed by atoms with Gasteiger partial charge in [0, 0.05) is 44.0 Å². The monoisotopic (exact) mass is 476 g/mol. The number of methoxy groups -OCH3 is 3. The van der Waals surface area contributed by atoms with Gasteiger partial charge in [-0.1, -0.05) is 12.1 Å². The van der Waals surface area contributed by atoms with Gasteiger partial charge in [0.05, 0.1) is 21.3 Å². The Bertz CT molecular complexity index is 1030. The minimum absolute atomic E-state index is 0.0688. The number of sulfonamides is 1. The van der Waals surface area contributed by atoms with E-state index in [9.17, 15) is 21.6 Å². The molecule has 1 aliphatic rings. The van der Waals surface area contributed by atoms with Crippen molar-refractivity contribution in [1.29, 1.82) is 0 Å². The fraction of sp³-hybridized carbons (Fsp3) is 0.400. The first-order valence-corrected chi connectivity index (χ1v) is 10.9. The van der Waals surface area contributed by atoms with Crippen LogP contribution in [0.5, 0.6) is 23.0 Å². The van der Waals surface area contributed by atoms with Gasteiger partial charge >= 0.3 is 6.36 Å². The summed E-state index contributed by atoms with van der Waals surface area (Å²) in [7, 11) is 0.280. The van der Waals surface area contributed by atoms with Crippen molar-refractivity contribution in [2.45, 2.75) is 11.3 Å². The number of halogens is 3. The molecule has 12 heteroatoms. The lowest BCUT2D eigenvalue weighted by Gasteiger charge is -2.36. The number of anilines is 1. The van der Waals surface area contributed by atoms with Crippen molar-refractivity contribution in [1.82, 2.24) is 4.31 Å². The Balaban J connectivity index is 1.81. The van der Waals surface area contributed by atoms with E-state index in [0.29, 0.717) is 30.3 Å². The topological polar surface area (TPSA) is 77.5 Å². The molecule has 0 saturated carbocycles. The van der Waals surface area contributed by atoms with Crippen LogP contribution in [0, 0.1) is 0 Å². The number of hydrogen-bond donors (Lipinski definition) is 0. The molecule has 1 heterocycles. The quantitative estimate of drug-likeness (QED) is 0.608. The van der Waals surface area contributed by atoms with Crippen molar-refractivity contribution >= 4 is 15.7 Å². The summed E-state index contributed by atoms with van der Waals surface area (Å²) in [5.74, 6) is 0.582. The highest BCUT2D eigenvalue weighted by atomic mass is 32.2. The smallest absolute Gasteiger partial charge is 0.493 e. The van der Waals surface area contributed by atoms with E-state index in [1.165, 1.54) is 33.5 Å². The van der Waals surface area contributed by atoms with Crippen molar-refractivity contribution in [3.05, 3.63) is 36.4 Å². The molecule has 176 valence electrons.